The van der Waals surface area contributed by atoms with E-state index in [2.05, 4.69) is 14.9 Å². The van der Waals surface area contributed by atoms with Crippen LogP contribution < -0.4 is 10.3 Å². The Morgan fingerprint density at radius 2 is 1.95 bits per heavy atom. The van der Waals surface area contributed by atoms with Crippen LogP contribution in [0.1, 0.15) is 18.5 Å². The lowest BCUT2D eigenvalue weighted by atomic mass is 9.98. The van der Waals surface area contributed by atoms with Crippen molar-refractivity contribution in [1.29, 1.82) is 0 Å². The molecule has 0 saturated heterocycles. The van der Waals surface area contributed by atoms with Gasteiger partial charge in [-0.3, -0.25) is 9.52 Å². The second kappa shape index (κ2) is 5.42. The number of fused-ring (bicyclic) bond motifs is 1. The third-order valence-electron chi connectivity index (χ3n) is 3.39. The highest BCUT2D eigenvalue weighted by Crippen LogP contribution is 2.27. The van der Waals surface area contributed by atoms with E-state index in [1.165, 1.54) is 0 Å². The quantitative estimate of drug-likeness (QED) is 0.898. The Hall–Kier alpha value is -2.41. The molecule has 22 heavy (non-hydrogen) atoms. The maximum Gasteiger partial charge on any atom is 0.272 e. The number of benzene rings is 1. The van der Waals surface area contributed by atoms with Gasteiger partial charge >= 0.3 is 0 Å². The average Bonchev–Trinajstić information content (AvgIpc) is 2.46. The van der Waals surface area contributed by atoms with E-state index in [4.69, 9.17) is 0 Å². The van der Waals surface area contributed by atoms with Crippen LogP contribution in [0.15, 0.2) is 46.9 Å². The summed E-state index contributed by atoms with van der Waals surface area (Å²) in [6, 6.07) is 7.21. The molecule has 0 bridgehead atoms. The van der Waals surface area contributed by atoms with Crippen LogP contribution in [0.3, 0.4) is 0 Å². The molecule has 3 rings (SSSR count). The summed E-state index contributed by atoms with van der Waals surface area (Å²) < 4.78 is 25.2. The van der Waals surface area contributed by atoms with E-state index in [9.17, 15) is 13.2 Å². The molecule has 0 aliphatic heterocycles. The van der Waals surface area contributed by atoms with Crippen molar-refractivity contribution in [3.05, 3.63) is 58.2 Å². The summed E-state index contributed by atoms with van der Waals surface area (Å²) in [5.74, 6) is 0. The maximum absolute atomic E-state index is 11.8. The van der Waals surface area contributed by atoms with Crippen molar-refractivity contribution in [2.24, 2.45) is 0 Å². The first-order chi connectivity index (χ1) is 10.4. The van der Waals surface area contributed by atoms with Gasteiger partial charge in [0.25, 0.3) is 5.56 Å². The van der Waals surface area contributed by atoms with Gasteiger partial charge in [-0.2, -0.15) is 5.10 Å². The van der Waals surface area contributed by atoms with Crippen LogP contribution in [-0.2, 0) is 10.0 Å². The zero-order valence-corrected chi connectivity index (χ0v) is 12.8. The van der Waals surface area contributed by atoms with Crippen LogP contribution in [0.2, 0.25) is 0 Å². The van der Waals surface area contributed by atoms with Crippen LogP contribution >= 0.6 is 0 Å². The molecule has 1 aromatic heterocycles. The van der Waals surface area contributed by atoms with Gasteiger partial charge < -0.3 is 0 Å². The van der Waals surface area contributed by atoms with Gasteiger partial charge in [0.1, 0.15) is 0 Å². The van der Waals surface area contributed by atoms with E-state index in [-0.39, 0.29) is 5.56 Å². The van der Waals surface area contributed by atoms with Crippen molar-refractivity contribution in [2.45, 2.75) is 12.8 Å². The van der Waals surface area contributed by atoms with Crippen LogP contribution in [-0.4, -0.2) is 24.9 Å². The van der Waals surface area contributed by atoms with Crippen molar-refractivity contribution in [2.75, 3.05) is 6.26 Å². The molecule has 1 aromatic carbocycles. The molecule has 114 valence electrons. The fourth-order valence-corrected chi connectivity index (χ4v) is 3.16. The van der Waals surface area contributed by atoms with E-state index in [0.717, 1.165) is 17.2 Å². The predicted molar refractivity (Wildman–Crippen MR) is 85.6 cm³/mol. The average molecular weight is 317 g/mol. The predicted octanol–water partition coefficient (Wildman–Crippen LogP) is 1.53. The van der Waals surface area contributed by atoms with Gasteiger partial charge in [0, 0.05) is 16.7 Å². The Bertz CT molecular complexity index is 955. The van der Waals surface area contributed by atoms with Gasteiger partial charge in [-0.1, -0.05) is 24.3 Å². The van der Waals surface area contributed by atoms with Crippen molar-refractivity contribution in [3.8, 4) is 0 Å². The molecule has 0 radical (unpaired) electrons. The molecule has 6 nitrogen and oxygen atoms in total. The highest BCUT2D eigenvalue weighted by atomic mass is 32.2. The lowest BCUT2D eigenvalue weighted by Crippen LogP contribution is -2.22. The van der Waals surface area contributed by atoms with Crippen molar-refractivity contribution in [3.63, 3.8) is 0 Å². The third kappa shape index (κ3) is 2.94. The van der Waals surface area contributed by atoms with E-state index < -0.39 is 10.0 Å². The second-order valence-corrected chi connectivity index (χ2v) is 6.94. The van der Waals surface area contributed by atoms with Crippen LogP contribution in [0.4, 0.5) is 0 Å². The highest BCUT2D eigenvalue weighted by molar-refractivity contribution is 7.88. The molecule has 1 aliphatic rings. The van der Waals surface area contributed by atoms with Crippen LogP contribution in [0, 0.1) is 0 Å². The minimum atomic E-state index is -3.30. The number of hydrogen-bond donors (Lipinski definition) is 2. The van der Waals surface area contributed by atoms with Gasteiger partial charge in [0.15, 0.2) is 0 Å². The molecule has 1 aliphatic carbocycles. The number of aromatic nitrogens is 2. The van der Waals surface area contributed by atoms with E-state index >= 15 is 0 Å². The number of hydrogen-bond acceptors (Lipinski definition) is 4. The maximum atomic E-state index is 11.8. The normalized spacial score (nSPS) is 15.3. The molecule has 0 spiro atoms. The summed E-state index contributed by atoms with van der Waals surface area (Å²) in [6.45, 7) is 0. The highest BCUT2D eigenvalue weighted by Gasteiger charge is 2.14. The van der Waals surface area contributed by atoms with Crippen molar-refractivity contribution in [1.82, 2.24) is 14.9 Å². The first-order valence-electron chi connectivity index (χ1n) is 6.80. The summed E-state index contributed by atoms with van der Waals surface area (Å²) in [4.78, 5) is 11.8. The molecule has 2 aromatic rings. The number of allylic oxidation sites excluding steroid dienone is 4. The fraction of sp³-hybridized carbons (Fsp3) is 0.200. The molecule has 0 fully saturated rings. The minimum Gasteiger partial charge on any atom is -0.288 e. The molecule has 7 heteroatoms. The standard InChI is InChI=1S/C15H15N3O3S/c1-22(20,21)18-11-6-4-5-10(9-11)14-12-7-2-3-8-13(12)15(19)17-16-14/h2-3,5,7-9,18H,4,6H2,1H3,(H,17,19). The Balaban J connectivity index is 2.10. The first kappa shape index (κ1) is 14.5. The molecule has 0 atom stereocenters. The summed E-state index contributed by atoms with van der Waals surface area (Å²) >= 11 is 0. The second-order valence-electron chi connectivity index (χ2n) is 5.19. The smallest absolute Gasteiger partial charge is 0.272 e. The molecule has 0 saturated carbocycles. The SMILES string of the molecule is CS(=O)(=O)NC1=CC(c2n[nH]c(=O)c3ccccc23)=CCC1. The monoisotopic (exact) mass is 317 g/mol. The Labute approximate surface area is 127 Å². The summed E-state index contributed by atoms with van der Waals surface area (Å²) in [6.07, 6.45) is 6.20. The summed E-state index contributed by atoms with van der Waals surface area (Å²) in [5.41, 5.74) is 1.82. The van der Waals surface area contributed by atoms with E-state index in [1.807, 2.05) is 18.2 Å². The Kier molecular flexibility index (Phi) is 3.58. The topological polar surface area (TPSA) is 91.9 Å². The number of aromatic amines is 1. The van der Waals surface area contributed by atoms with Gasteiger partial charge in [-0.05, 0) is 25.0 Å². The Morgan fingerprint density at radius 1 is 1.23 bits per heavy atom. The third-order valence-corrected chi connectivity index (χ3v) is 4.03. The molecule has 1 heterocycles. The number of nitrogens with one attached hydrogen (secondary N) is 2. The molecule has 2 N–H and O–H groups in total. The number of sulfonamides is 1. The minimum absolute atomic E-state index is 0.241. The summed E-state index contributed by atoms with van der Waals surface area (Å²) in [5, 5.41) is 7.93. The van der Waals surface area contributed by atoms with Crippen molar-refractivity contribution >= 4 is 26.4 Å². The van der Waals surface area contributed by atoms with Crippen LogP contribution in [0.5, 0.6) is 0 Å². The lowest BCUT2D eigenvalue weighted by Gasteiger charge is -2.15. The van der Waals surface area contributed by atoms with Crippen LogP contribution in [0.25, 0.3) is 16.3 Å². The van der Waals surface area contributed by atoms with Gasteiger partial charge in [-0.25, -0.2) is 13.5 Å². The largest absolute Gasteiger partial charge is 0.288 e. The zero-order valence-electron chi connectivity index (χ0n) is 12.0. The number of rotatable bonds is 3. The number of nitrogens with zero attached hydrogens (tertiary/aromatic N) is 1. The molecular weight excluding hydrogens is 302 g/mol. The van der Waals surface area contributed by atoms with Gasteiger partial charge in [-0.15, -0.1) is 0 Å². The van der Waals surface area contributed by atoms with E-state index in [0.29, 0.717) is 29.6 Å². The fourth-order valence-electron chi connectivity index (χ4n) is 2.52. The van der Waals surface area contributed by atoms with Crippen molar-refractivity contribution < 1.29 is 8.42 Å². The molecular formula is C15H15N3O3S. The molecule has 0 amide bonds. The van der Waals surface area contributed by atoms with E-state index in [1.54, 1.807) is 18.2 Å². The summed E-state index contributed by atoms with van der Waals surface area (Å²) in [7, 11) is -3.30. The zero-order chi connectivity index (χ0) is 15.7. The lowest BCUT2D eigenvalue weighted by molar-refractivity contribution is 0.593. The molecule has 0 unspecified atom stereocenters. The first-order valence-corrected chi connectivity index (χ1v) is 8.69. The number of H-pyrrole nitrogens is 1. The van der Waals surface area contributed by atoms with Gasteiger partial charge in [0.05, 0.1) is 17.3 Å². The van der Waals surface area contributed by atoms with Gasteiger partial charge in [0.2, 0.25) is 10.0 Å². The Morgan fingerprint density at radius 3 is 2.68 bits per heavy atom.